The maximum Gasteiger partial charge on any atom is 0.0498 e. The highest BCUT2D eigenvalue weighted by Gasteiger charge is 2.14. The molecular weight excluding hydrogens is 274 g/mol. The van der Waals surface area contributed by atoms with Gasteiger partial charge in [-0.15, -0.1) is 0 Å². The summed E-state index contributed by atoms with van der Waals surface area (Å²) in [4.78, 5) is 2.32. The molecule has 0 amide bonds. The highest BCUT2D eigenvalue weighted by molar-refractivity contribution is 9.10. The van der Waals surface area contributed by atoms with Gasteiger partial charge in [-0.1, -0.05) is 52.3 Å². The third kappa shape index (κ3) is 2.01. The topological polar surface area (TPSA) is 3.24 Å². The molecule has 3 rings (SSSR count). The molecule has 2 aromatic rings. The Morgan fingerprint density at radius 2 is 1.82 bits per heavy atom. The number of hydrogen-bond acceptors (Lipinski definition) is 1. The molecule has 2 aromatic carbocycles. The van der Waals surface area contributed by atoms with E-state index in [1.807, 2.05) is 6.07 Å². The minimum absolute atomic E-state index is 0.924. The maximum atomic E-state index is 3.54. The lowest BCUT2D eigenvalue weighted by Gasteiger charge is -2.28. The summed E-state index contributed by atoms with van der Waals surface area (Å²) >= 11 is 3.54. The summed E-state index contributed by atoms with van der Waals surface area (Å²) in [7, 11) is 0. The number of benzene rings is 2. The van der Waals surface area contributed by atoms with E-state index in [-0.39, 0.29) is 0 Å². The van der Waals surface area contributed by atoms with Gasteiger partial charge in [0.25, 0.3) is 0 Å². The van der Waals surface area contributed by atoms with Crippen LogP contribution in [0, 0.1) is 0 Å². The highest BCUT2D eigenvalue weighted by atomic mass is 79.9. The van der Waals surface area contributed by atoms with Gasteiger partial charge < -0.3 is 4.90 Å². The molecule has 0 aromatic heterocycles. The first-order chi connectivity index (χ1) is 8.34. The van der Waals surface area contributed by atoms with Crippen molar-refractivity contribution in [2.45, 2.75) is 0 Å². The lowest BCUT2D eigenvalue weighted by atomic mass is 10.1. The second-order valence-electron chi connectivity index (χ2n) is 4.05. The number of nitrogens with zero attached hydrogens (tertiary/aromatic N) is 1. The van der Waals surface area contributed by atoms with Gasteiger partial charge in [0.2, 0.25) is 0 Å². The monoisotopic (exact) mass is 285 g/mol. The lowest BCUT2D eigenvalue weighted by Crippen LogP contribution is -2.20. The fourth-order valence-corrected chi connectivity index (χ4v) is 2.48. The molecule has 0 aliphatic carbocycles. The summed E-state index contributed by atoms with van der Waals surface area (Å²) in [5, 5.41) is 0. The Morgan fingerprint density at radius 1 is 1.00 bits per heavy atom. The average Bonchev–Trinajstić information content (AvgIpc) is 2.39. The fourth-order valence-electron chi connectivity index (χ4n) is 2.13. The second-order valence-corrected chi connectivity index (χ2v) is 4.97. The number of hydrogen-bond donors (Lipinski definition) is 0. The Labute approximate surface area is 110 Å². The average molecular weight is 286 g/mol. The molecule has 0 fully saturated rings. The van der Waals surface area contributed by atoms with Crippen LogP contribution in [0.1, 0.15) is 5.56 Å². The predicted molar refractivity (Wildman–Crippen MR) is 76.6 cm³/mol. The van der Waals surface area contributed by atoms with Crippen LogP contribution < -0.4 is 4.90 Å². The normalized spacial score (nSPS) is 13.6. The summed E-state index contributed by atoms with van der Waals surface area (Å²) in [6.07, 6.45) is 4.38. The van der Waals surface area contributed by atoms with Crippen molar-refractivity contribution in [2.75, 3.05) is 11.4 Å². The van der Waals surface area contributed by atoms with Crippen LogP contribution in [0.5, 0.6) is 0 Å². The van der Waals surface area contributed by atoms with Crippen LogP contribution in [0.15, 0.2) is 59.1 Å². The Hall–Kier alpha value is -1.54. The first kappa shape index (κ1) is 10.6. The summed E-state index contributed by atoms with van der Waals surface area (Å²) in [5.41, 5.74) is 3.76. The number of rotatable bonds is 1. The van der Waals surface area contributed by atoms with E-state index in [0.29, 0.717) is 0 Å². The fraction of sp³-hybridized carbons (Fsp3) is 0.0667. The summed E-state index contributed by atoms with van der Waals surface area (Å²) in [5.74, 6) is 0. The van der Waals surface area contributed by atoms with Crippen molar-refractivity contribution in [1.82, 2.24) is 0 Å². The molecule has 0 spiro atoms. The molecule has 1 heterocycles. The maximum absolute atomic E-state index is 3.54. The SMILES string of the molecule is Brc1ccc2c(c1)N(c1ccccc1)CC=C2. The first-order valence-corrected chi connectivity index (χ1v) is 6.42. The molecule has 1 aliphatic heterocycles. The lowest BCUT2D eigenvalue weighted by molar-refractivity contribution is 1.08. The van der Waals surface area contributed by atoms with Crippen LogP contribution in [-0.2, 0) is 0 Å². The standard InChI is InChI=1S/C15H12BrN/c16-13-9-8-12-5-4-10-17(15(12)11-13)14-6-2-1-3-7-14/h1-9,11H,10H2. The number of halogens is 1. The van der Waals surface area contributed by atoms with Gasteiger partial charge in [0.05, 0.1) is 0 Å². The number of fused-ring (bicyclic) bond motifs is 1. The van der Waals surface area contributed by atoms with Crippen LogP contribution in [0.2, 0.25) is 0 Å². The van der Waals surface area contributed by atoms with Crippen LogP contribution in [0.25, 0.3) is 6.08 Å². The smallest absolute Gasteiger partial charge is 0.0498 e. The van der Waals surface area contributed by atoms with Crippen molar-refractivity contribution in [1.29, 1.82) is 0 Å². The molecule has 0 N–H and O–H groups in total. The van der Waals surface area contributed by atoms with Gasteiger partial charge in [-0.3, -0.25) is 0 Å². The Bertz CT molecular complexity index is 560. The molecule has 0 saturated carbocycles. The van der Waals surface area contributed by atoms with Gasteiger partial charge in [0.15, 0.2) is 0 Å². The minimum Gasteiger partial charge on any atom is -0.337 e. The molecule has 0 atom stereocenters. The van der Waals surface area contributed by atoms with E-state index in [1.165, 1.54) is 16.9 Å². The van der Waals surface area contributed by atoms with Gasteiger partial charge in [-0.05, 0) is 29.8 Å². The number of para-hydroxylation sites is 1. The molecule has 1 aliphatic rings. The summed E-state index contributed by atoms with van der Waals surface area (Å²) < 4.78 is 1.12. The summed E-state index contributed by atoms with van der Waals surface area (Å²) in [6.45, 7) is 0.924. The third-order valence-electron chi connectivity index (χ3n) is 2.94. The van der Waals surface area contributed by atoms with E-state index in [9.17, 15) is 0 Å². The van der Waals surface area contributed by atoms with Crippen LogP contribution in [0.3, 0.4) is 0 Å². The second kappa shape index (κ2) is 4.38. The molecule has 0 radical (unpaired) electrons. The van der Waals surface area contributed by atoms with Crippen molar-refractivity contribution in [3.05, 3.63) is 64.6 Å². The molecule has 0 saturated heterocycles. The van der Waals surface area contributed by atoms with Crippen molar-refractivity contribution >= 4 is 33.4 Å². The molecule has 0 unspecified atom stereocenters. The predicted octanol–water partition coefficient (Wildman–Crippen LogP) is 4.61. The van der Waals surface area contributed by atoms with E-state index >= 15 is 0 Å². The molecule has 17 heavy (non-hydrogen) atoms. The van der Waals surface area contributed by atoms with E-state index in [0.717, 1.165) is 11.0 Å². The summed E-state index contributed by atoms with van der Waals surface area (Å²) in [6, 6.07) is 16.9. The zero-order valence-corrected chi connectivity index (χ0v) is 10.9. The molecule has 2 heteroatoms. The Morgan fingerprint density at radius 3 is 2.65 bits per heavy atom. The minimum atomic E-state index is 0.924. The van der Waals surface area contributed by atoms with Crippen molar-refractivity contribution < 1.29 is 0 Å². The van der Waals surface area contributed by atoms with Crippen molar-refractivity contribution in [3.8, 4) is 0 Å². The zero-order valence-electron chi connectivity index (χ0n) is 9.31. The van der Waals surface area contributed by atoms with Crippen LogP contribution in [0.4, 0.5) is 11.4 Å². The van der Waals surface area contributed by atoms with Gasteiger partial charge >= 0.3 is 0 Å². The molecule has 0 bridgehead atoms. The van der Waals surface area contributed by atoms with Gasteiger partial charge in [0, 0.05) is 22.4 Å². The van der Waals surface area contributed by atoms with Crippen LogP contribution in [-0.4, -0.2) is 6.54 Å². The van der Waals surface area contributed by atoms with E-state index in [4.69, 9.17) is 0 Å². The Balaban J connectivity index is 2.11. The Kier molecular flexibility index (Phi) is 2.73. The first-order valence-electron chi connectivity index (χ1n) is 5.63. The van der Waals surface area contributed by atoms with Crippen molar-refractivity contribution in [2.24, 2.45) is 0 Å². The van der Waals surface area contributed by atoms with Gasteiger partial charge in [-0.25, -0.2) is 0 Å². The molecule has 84 valence electrons. The van der Waals surface area contributed by atoms with Crippen molar-refractivity contribution in [3.63, 3.8) is 0 Å². The van der Waals surface area contributed by atoms with Gasteiger partial charge in [0.1, 0.15) is 0 Å². The van der Waals surface area contributed by atoms with Crippen LogP contribution >= 0.6 is 15.9 Å². The van der Waals surface area contributed by atoms with E-state index in [2.05, 4.69) is 75.4 Å². The molecule has 1 nitrogen and oxygen atoms in total. The number of anilines is 2. The quantitative estimate of drug-likeness (QED) is 0.739. The van der Waals surface area contributed by atoms with E-state index < -0.39 is 0 Å². The van der Waals surface area contributed by atoms with Gasteiger partial charge in [-0.2, -0.15) is 0 Å². The largest absolute Gasteiger partial charge is 0.337 e. The zero-order chi connectivity index (χ0) is 11.7. The highest BCUT2D eigenvalue weighted by Crippen LogP contribution is 2.34. The van der Waals surface area contributed by atoms with E-state index in [1.54, 1.807) is 0 Å². The molecular formula is C15H12BrN. The third-order valence-corrected chi connectivity index (χ3v) is 3.43.